The van der Waals surface area contributed by atoms with Gasteiger partial charge in [0.1, 0.15) is 0 Å². The molecule has 4 rings (SSSR count). The summed E-state index contributed by atoms with van der Waals surface area (Å²) in [7, 11) is 0. The smallest absolute Gasteiger partial charge is 0.255 e. The topological polar surface area (TPSA) is 69.8 Å². The van der Waals surface area contributed by atoms with Crippen LogP contribution in [0.3, 0.4) is 0 Å². The molecule has 2 atom stereocenters. The van der Waals surface area contributed by atoms with E-state index in [0.29, 0.717) is 28.4 Å². The number of hydrogen-bond acceptors (Lipinski definition) is 3. The minimum absolute atomic E-state index is 0. The molecule has 3 N–H and O–H groups in total. The number of carbonyl (C=O) groups is 1. The molecule has 5 nitrogen and oxygen atoms in total. The molecule has 1 aromatic carbocycles. The monoisotopic (exact) mass is 366 g/mol. The minimum atomic E-state index is -0.0834. The summed E-state index contributed by atoms with van der Waals surface area (Å²) in [6, 6.07) is 8.79. The van der Waals surface area contributed by atoms with Gasteiger partial charge in [-0.25, -0.2) is 0 Å². The van der Waals surface area contributed by atoms with Gasteiger partial charge in [-0.05, 0) is 31.7 Å². The number of rotatable bonds is 3. The zero-order valence-electron chi connectivity index (χ0n) is 13.1. The summed E-state index contributed by atoms with van der Waals surface area (Å²) in [5.41, 5.74) is 2.01. The van der Waals surface area contributed by atoms with Crippen LogP contribution in [0, 0.1) is 0 Å². The maximum atomic E-state index is 12.7. The number of nitrogens with one attached hydrogen (secondary N) is 3. The van der Waals surface area contributed by atoms with E-state index in [9.17, 15) is 4.79 Å². The zero-order valence-corrected chi connectivity index (χ0v) is 14.7. The molecule has 0 spiro atoms. The second-order valence-electron chi connectivity index (χ2n) is 6.42. The predicted molar refractivity (Wildman–Crippen MR) is 96.7 cm³/mol. The van der Waals surface area contributed by atoms with E-state index in [2.05, 4.69) is 20.8 Å². The Morgan fingerprint density at radius 3 is 2.62 bits per heavy atom. The molecule has 2 saturated heterocycles. The molecule has 7 heteroatoms. The summed E-state index contributed by atoms with van der Waals surface area (Å²) in [5, 5.41) is 14.3. The van der Waals surface area contributed by atoms with E-state index in [1.807, 2.05) is 24.3 Å². The number of carbonyl (C=O) groups excluding carboxylic acids is 1. The number of benzene rings is 1. The molecule has 0 radical (unpaired) electrons. The van der Waals surface area contributed by atoms with Crippen LogP contribution in [0.25, 0.3) is 11.3 Å². The largest absolute Gasteiger partial charge is 0.349 e. The van der Waals surface area contributed by atoms with Gasteiger partial charge in [0.05, 0.1) is 17.5 Å². The first kappa shape index (κ1) is 17.3. The number of amides is 1. The van der Waals surface area contributed by atoms with Crippen molar-refractivity contribution >= 4 is 29.9 Å². The Kier molecular flexibility index (Phi) is 5.13. The van der Waals surface area contributed by atoms with Gasteiger partial charge in [0.2, 0.25) is 0 Å². The van der Waals surface area contributed by atoms with Crippen molar-refractivity contribution in [2.75, 3.05) is 0 Å². The number of nitrogens with zero attached hydrogens (tertiary/aromatic N) is 1. The van der Waals surface area contributed by atoms with Crippen LogP contribution in [0.2, 0.25) is 5.02 Å². The first-order valence-corrected chi connectivity index (χ1v) is 8.43. The molecule has 2 aliphatic rings. The molecule has 3 heterocycles. The first-order chi connectivity index (χ1) is 11.2. The van der Waals surface area contributed by atoms with Crippen LogP contribution >= 0.6 is 24.0 Å². The lowest BCUT2D eigenvalue weighted by atomic mass is 9.99. The number of aromatic nitrogens is 2. The van der Waals surface area contributed by atoms with E-state index < -0.39 is 0 Å². The van der Waals surface area contributed by atoms with E-state index >= 15 is 0 Å². The highest BCUT2D eigenvalue weighted by Crippen LogP contribution is 2.30. The minimum Gasteiger partial charge on any atom is -0.349 e. The molecule has 0 aliphatic carbocycles. The highest BCUT2D eigenvalue weighted by atomic mass is 35.5. The highest BCUT2D eigenvalue weighted by Gasteiger charge is 2.34. The number of piperidine rings is 1. The van der Waals surface area contributed by atoms with Crippen molar-refractivity contribution in [3.8, 4) is 11.3 Å². The Morgan fingerprint density at radius 1 is 1.21 bits per heavy atom. The van der Waals surface area contributed by atoms with Gasteiger partial charge in [0, 0.05) is 28.7 Å². The standard InChI is InChI=1S/C17H19ClN4O.ClH/c18-15-4-2-1-3-13(15)16-14(9-19-22-16)17(23)21-12-7-10-5-6-11(8-12)20-10;/h1-4,9-12,20H,5-8H2,(H,19,22)(H,21,23);1H. The molecule has 0 saturated carbocycles. The van der Waals surface area contributed by atoms with Crippen LogP contribution in [-0.4, -0.2) is 34.2 Å². The molecule has 1 aromatic heterocycles. The van der Waals surface area contributed by atoms with Gasteiger partial charge in [-0.3, -0.25) is 9.89 Å². The van der Waals surface area contributed by atoms with Gasteiger partial charge in [-0.15, -0.1) is 12.4 Å². The number of H-pyrrole nitrogens is 1. The van der Waals surface area contributed by atoms with Gasteiger partial charge >= 0.3 is 0 Å². The summed E-state index contributed by atoms with van der Waals surface area (Å²) in [6.45, 7) is 0. The number of aromatic amines is 1. The fourth-order valence-electron chi connectivity index (χ4n) is 3.77. The van der Waals surface area contributed by atoms with Gasteiger partial charge in [0.15, 0.2) is 0 Å². The average molecular weight is 367 g/mol. The average Bonchev–Trinajstić information content (AvgIpc) is 3.14. The van der Waals surface area contributed by atoms with E-state index in [-0.39, 0.29) is 24.4 Å². The Bertz CT molecular complexity index is 721. The fourth-order valence-corrected chi connectivity index (χ4v) is 4.00. The second kappa shape index (κ2) is 7.13. The first-order valence-electron chi connectivity index (χ1n) is 8.06. The van der Waals surface area contributed by atoms with Crippen molar-refractivity contribution in [3.05, 3.63) is 41.0 Å². The molecule has 2 unspecified atom stereocenters. The van der Waals surface area contributed by atoms with Crippen LogP contribution < -0.4 is 10.6 Å². The van der Waals surface area contributed by atoms with Crippen LogP contribution in [0.1, 0.15) is 36.0 Å². The van der Waals surface area contributed by atoms with Crippen molar-refractivity contribution in [1.82, 2.24) is 20.8 Å². The van der Waals surface area contributed by atoms with E-state index in [0.717, 1.165) is 18.4 Å². The maximum absolute atomic E-state index is 12.7. The maximum Gasteiger partial charge on any atom is 0.255 e. The van der Waals surface area contributed by atoms with E-state index in [1.165, 1.54) is 12.8 Å². The molecule has 2 aromatic rings. The molecule has 128 valence electrons. The molecular formula is C17H20Cl2N4O. The number of halogens is 2. The molecule has 2 aliphatic heterocycles. The lowest BCUT2D eigenvalue weighted by Crippen LogP contribution is -2.48. The van der Waals surface area contributed by atoms with Gasteiger partial charge in [-0.1, -0.05) is 29.8 Å². The van der Waals surface area contributed by atoms with E-state index in [4.69, 9.17) is 11.6 Å². The molecule has 24 heavy (non-hydrogen) atoms. The lowest BCUT2D eigenvalue weighted by molar-refractivity contribution is 0.0924. The number of fused-ring (bicyclic) bond motifs is 2. The van der Waals surface area contributed by atoms with Crippen LogP contribution in [-0.2, 0) is 0 Å². The van der Waals surface area contributed by atoms with Gasteiger partial charge in [-0.2, -0.15) is 5.10 Å². The van der Waals surface area contributed by atoms with Crippen molar-refractivity contribution in [2.24, 2.45) is 0 Å². The van der Waals surface area contributed by atoms with Gasteiger partial charge in [0.25, 0.3) is 5.91 Å². The van der Waals surface area contributed by atoms with Crippen molar-refractivity contribution in [3.63, 3.8) is 0 Å². The number of hydrogen-bond donors (Lipinski definition) is 3. The molecule has 2 fully saturated rings. The quantitative estimate of drug-likeness (QED) is 0.781. The molecular weight excluding hydrogens is 347 g/mol. The third-order valence-corrected chi connectivity index (χ3v) is 5.17. The van der Waals surface area contributed by atoms with Crippen molar-refractivity contribution < 1.29 is 4.79 Å². The Hall–Kier alpha value is -1.56. The van der Waals surface area contributed by atoms with Crippen molar-refractivity contribution in [2.45, 2.75) is 43.8 Å². The Labute approximate surface area is 152 Å². The normalized spacial score (nSPS) is 25.1. The Morgan fingerprint density at radius 2 is 1.92 bits per heavy atom. The van der Waals surface area contributed by atoms with Crippen LogP contribution in [0.4, 0.5) is 0 Å². The summed E-state index contributed by atoms with van der Waals surface area (Å²) in [4.78, 5) is 12.7. The summed E-state index contributed by atoms with van der Waals surface area (Å²) in [6.07, 6.45) is 6.01. The highest BCUT2D eigenvalue weighted by molar-refractivity contribution is 6.33. The third kappa shape index (κ3) is 3.29. The predicted octanol–water partition coefficient (Wildman–Crippen LogP) is 3.16. The summed E-state index contributed by atoms with van der Waals surface area (Å²) >= 11 is 6.24. The zero-order chi connectivity index (χ0) is 15.8. The van der Waals surface area contributed by atoms with Gasteiger partial charge < -0.3 is 10.6 Å². The third-order valence-electron chi connectivity index (χ3n) is 4.84. The summed E-state index contributed by atoms with van der Waals surface area (Å²) in [5.74, 6) is -0.0834. The molecule has 1 amide bonds. The molecule has 2 bridgehead atoms. The fraction of sp³-hybridized carbons (Fsp3) is 0.412. The SMILES string of the molecule is Cl.O=C(NC1CC2CCC(C1)N2)c1cn[nH]c1-c1ccccc1Cl. The lowest BCUT2D eigenvalue weighted by Gasteiger charge is -2.29. The second-order valence-corrected chi connectivity index (χ2v) is 6.83. The van der Waals surface area contributed by atoms with E-state index in [1.54, 1.807) is 6.20 Å². The van der Waals surface area contributed by atoms with Crippen molar-refractivity contribution in [1.29, 1.82) is 0 Å². The Balaban J connectivity index is 0.00000169. The van der Waals surface area contributed by atoms with Crippen LogP contribution in [0.5, 0.6) is 0 Å². The summed E-state index contributed by atoms with van der Waals surface area (Å²) < 4.78 is 0. The van der Waals surface area contributed by atoms with Crippen LogP contribution in [0.15, 0.2) is 30.5 Å².